The summed E-state index contributed by atoms with van der Waals surface area (Å²) in [6.07, 6.45) is 2.40. The van der Waals surface area contributed by atoms with E-state index in [2.05, 4.69) is 0 Å². The molecule has 0 rings (SSSR count). The Morgan fingerprint density at radius 3 is 2.62 bits per heavy atom. The molecule has 0 aromatic heterocycles. The summed E-state index contributed by atoms with van der Waals surface area (Å²) in [5.41, 5.74) is 0. The number of hydrogen-bond donors (Lipinski definition) is 0. The predicted octanol–water partition coefficient (Wildman–Crippen LogP) is 0.753. The van der Waals surface area contributed by atoms with Crippen molar-refractivity contribution in [2.45, 2.75) is 26.2 Å². The standard InChI is InChI=1S/C5H9O.Al.O/c1-2-3-4-5-6;;/h2-4H2,1H3;;. The first-order chi connectivity index (χ1) is 3.81. The van der Waals surface area contributed by atoms with Gasteiger partial charge in [0.15, 0.2) is 0 Å². The van der Waals surface area contributed by atoms with Gasteiger partial charge in [-0.3, -0.25) is 0 Å². The van der Waals surface area contributed by atoms with E-state index in [1.807, 2.05) is 6.92 Å². The number of hydrogen-bond acceptors (Lipinski definition) is 2. The van der Waals surface area contributed by atoms with Crippen LogP contribution in [0.3, 0.4) is 0 Å². The molecule has 0 aliphatic rings. The molecule has 0 bridgehead atoms. The zero-order valence-electron chi connectivity index (χ0n) is 5.02. The van der Waals surface area contributed by atoms with Crippen molar-refractivity contribution in [1.29, 1.82) is 0 Å². The number of unbranched alkanes of at least 4 members (excludes halogenated alkanes) is 1. The van der Waals surface area contributed by atoms with Crippen LogP contribution in [0.1, 0.15) is 26.2 Å². The first-order valence-electron chi connectivity index (χ1n) is 2.79. The second kappa shape index (κ2) is 5.15. The molecule has 0 amide bonds. The van der Waals surface area contributed by atoms with E-state index in [0.29, 0.717) is 6.42 Å². The van der Waals surface area contributed by atoms with E-state index in [1.165, 1.54) is 0 Å². The van der Waals surface area contributed by atoms with Gasteiger partial charge in [0.1, 0.15) is 0 Å². The van der Waals surface area contributed by atoms with Crippen LogP contribution in [0.5, 0.6) is 0 Å². The molecule has 0 atom stereocenters. The molecule has 0 unspecified atom stereocenters. The normalized spacial score (nSPS) is 8.12. The molecule has 0 heterocycles. The van der Waals surface area contributed by atoms with Crippen molar-refractivity contribution < 1.29 is 8.60 Å². The van der Waals surface area contributed by atoms with Gasteiger partial charge in [-0.1, -0.05) is 0 Å². The van der Waals surface area contributed by atoms with Gasteiger partial charge in [-0.2, -0.15) is 0 Å². The van der Waals surface area contributed by atoms with Gasteiger partial charge >= 0.3 is 54.6 Å². The molecule has 0 aliphatic carbocycles. The fourth-order valence-electron chi connectivity index (χ4n) is 0.410. The number of rotatable bonds is 4. The maximum atomic E-state index is 10.3. The molecule has 0 aromatic carbocycles. The van der Waals surface area contributed by atoms with Crippen LogP contribution < -0.4 is 0 Å². The molecule has 0 saturated heterocycles. The third kappa shape index (κ3) is 4.17. The van der Waals surface area contributed by atoms with Crippen molar-refractivity contribution in [3.63, 3.8) is 0 Å². The van der Waals surface area contributed by atoms with Crippen LogP contribution in [0, 0.1) is 0 Å². The van der Waals surface area contributed by atoms with Crippen LogP contribution in [-0.4, -0.2) is 19.8 Å². The molecular formula is C5H9AlO2. The van der Waals surface area contributed by atoms with Crippen molar-refractivity contribution in [2.75, 3.05) is 0 Å². The van der Waals surface area contributed by atoms with Gasteiger partial charge in [-0.15, -0.1) is 0 Å². The van der Waals surface area contributed by atoms with Crippen molar-refractivity contribution in [3.8, 4) is 0 Å². The number of carbonyl (C=O) groups is 1. The molecule has 0 saturated carbocycles. The Morgan fingerprint density at radius 2 is 2.25 bits per heavy atom. The molecule has 3 heteroatoms. The predicted molar refractivity (Wildman–Crippen MR) is 31.0 cm³/mol. The fraction of sp³-hybridized carbons (Fsp3) is 0.800. The molecule has 0 N–H and O–H groups in total. The third-order valence-electron chi connectivity index (χ3n) is 0.908. The van der Waals surface area contributed by atoms with Crippen LogP contribution in [0.25, 0.3) is 0 Å². The second-order valence-electron chi connectivity index (χ2n) is 1.69. The maximum absolute atomic E-state index is 10.3. The molecule has 44 valence electrons. The molecule has 0 spiro atoms. The summed E-state index contributed by atoms with van der Waals surface area (Å²) in [5.74, 6) is 0. The van der Waals surface area contributed by atoms with Gasteiger partial charge in [0, 0.05) is 0 Å². The van der Waals surface area contributed by atoms with Gasteiger partial charge in [0.25, 0.3) is 0 Å². The van der Waals surface area contributed by atoms with E-state index in [9.17, 15) is 8.60 Å². The first-order valence-corrected chi connectivity index (χ1v) is 3.84. The zero-order valence-corrected chi connectivity index (χ0v) is 6.17. The summed E-state index contributed by atoms with van der Waals surface area (Å²) in [7, 11) is 0. The van der Waals surface area contributed by atoms with Crippen molar-refractivity contribution >= 4 is 19.8 Å². The topological polar surface area (TPSA) is 34.1 Å². The molecule has 0 aliphatic heterocycles. The summed E-state index contributed by atoms with van der Waals surface area (Å²) in [6.45, 7) is 2.01. The average Bonchev–Trinajstić information content (AvgIpc) is 1.83. The van der Waals surface area contributed by atoms with Crippen molar-refractivity contribution in [1.82, 2.24) is 0 Å². The Bertz CT molecular complexity index is 90.4. The summed E-state index contributed by atoms with van der Waals surface area (Å²) in [6, 6.07) is 0. The van der Waals surface area contributed by atoms with Gasteiger partial charge in [-0.25, -0.2) is 0 Å². The summed E-state index contributed by atoms with van der Waals surface area (Å²) < 4.78 is 9.79. The van der Waals surface area contributed by atoms with Gasteiger partial charge < -0.3 is 0 Å². The van der Waals surface area contributed by atoms with E-state index < -0.39 is 15.2 Å². The Morgan fingerprint density at radius 1 is 1.62 bits per heavy atom. The Labute approximate surface area is 55.2 Å². The fourth-order valence-corrected chi connectivity index (χ4v) is 0.732. The molecule has 2 nitrogen and oxygen atoms in total. The Hall–Kier alpha value is 0.00247. The SMILES string of the molecule is CCCC[C](=O)[Al]=[O]. The van der Waals surface area contributed by atoms with Crippen LogP contribution in [0.2, 0.25) is 0 Å². The van der Waals surface area contributed by atoms with Gasteiger partial charge in [0.05, 0.1) is 0 Å². The first kappa shape index (κ1) is 8.00. The van der Waals surface area contributed by atoms with E-state index in [4.69, 9.17) is 0 Å². The van der Waals surface area contributed by atoms with Crippen molar-refractivity contribution in [3.05, 3.63) is 0 Å². The third-order valence-corrected chi connectivity index (χ3v) is 1.46. The Balaban J connectivity index is 3.11. The monoisotopic (exact) mass is 128 g/mol. The molecule has 8 heavy (non-hydrogen) atoms. The number of carbonyl (C=O) groups excluding carboxylic acids is 1. The quantitative estimate of drug-likeness (QED) is 0.523. The minimum absolute atomic E-state index is 0.0770. The van der Waals surface area contributed by atoms with E-state index >= 15 is 0 Å². The summed E-state index contributed by atoms with van der Waals surface area (Å²) >= 11 is -1.16. The van der Waals surface area contributed by atoms with E-state index in [-0.39, 0.29) is 4.65 Å². The molecular weight excluding hydrogens is 119 g/mol. The van der Waals surface area contributed by atoms with E-state index in [1.54, 1.807) is 0 Å². The van der Waals surface area contributed by atoms with Crippen molar-refractivity contribution in [2.24, 2.45) is 0 Å². The summed E-state index contributed by atoms with van der Waals surface area (Å²) in [5, 5.41) is 0. The molecule has 0 radical (unpaired) electrons. The van der Waals surface area contributed by atoms with Crippen LogP contribution >= 0.6 is 0 Å². The summed E-state index contributed by atoms with van der Waals surface area (Å²) in [4.78, 5) is 10.3. The van der Waals surface area contributed by atoms with Gasteiger partial charge in [-0.05, 0) is 0 Å². The molecule has 0 aromatic rings. The van der Waals surface area contributed by atoms with Crippen LogP contribution in [0.15, 0.2) is 0 Å². The van der Waals surface area contributed by atoms with Gasteiger partial charge in [0.2, 0.25) is 0 Å². The second-order valence-corrected chi connectivity index (χ2v) is 2.57. The van der Waals surface area contributed by atoms with E-state index in [0.717, 1.165) is 12.8 Å². The van der Waals surface area contributed by atoms with Crippen LogP contribution in [0.4, 0.5) is 0 Å². The minimum atomic E-state index is -1.16. The average molecular weight is 128 g/mol. The van der Waals surface area contributed by atoms with Crippen LogP contribution in [-0.2, 0) is 8.60 Å². The zero-order chi connectivity index (χ0) is 6.41. The Kier molecular flexibility index (Phi) is 5.15. The molecule has 0 fully saturated rings.